The summed E-state index contributed by atoms with van der Waals surface area (Å²) in [6.07, 6.45) is 3.39. The maximum absolute atomic E-state index is 11.5. The number of aromatic nitrogens is 3. The van der Waals surface area contributed by atoms with Crippen LogP contribution in [0.2, 0.25) is 5.02 Å². The summed E-state index contributed by atoms with van der Waals surface area (Å²) in [5.41, 5.74) is 0.340. The van der Waals surface area contributed by atoms with Crippen LogP contribution in [0.4, 0.5) is 11.5 Å². The lowest BCUT2D eigenvalue weighted by Gasteiger charge is -2.36. The molecule has 0 radical (unpaired) electrons. The third-order valence-electron chi connectivity index (χ3n) is 3.37. The van der Waals surface area contributed by atoms with Crippen molar-refractivity contribution in [3.05, 3.63) is 46.0 Å². The zero-order chi connectivity index (χ0) is 13.9. The Labute approximate surface area is 121 Å². The standard InChI is InChI=1S/C13H14ClN5O/c14-12-10(9-16-17-13(12)20)18-5-7-19(8-6-18)11-3-1-2-4-15-11/h1-4,9H,5-8H2,(H,17,20). The van der Waals surface area contributed by atoms with Crippen LogP contribution in [-0.4, -0.2) is 41.4 Å². The molecule has 2 aromatic heterocycles. The molecule has 0 saturated carbocycles. The lowest BCUT2D eigenvalue weighted by atomic mass is 10.2. The van der Waals surface area contributed by atoms with Gasteiger partial charge >= 0.3 is 0 Å². The van der Waals surface area contributed by atoms with Gasteiger partial charge in [0.15, 0.2) is 0 Å². The fraction of sp³-hybridized carbons (Fsp3) is 0.308. The number of aromatic amines is 1. The smallest absolute Gasteiger partial charge is 0.285 e. The second-order valence-electron chi connectivity index (χ2n) is 4.56. The zero-order valence-corrected chi connectivity index (χ0v) is 11.5. The number of anilines is 2. The molecule has 1 N–H and O–H groups in total. The highest BCUT2D eigenvalue weighted by atomic mass is 35.5. The Hall–Kier alpha value is -2.08. The van der Waals surface area contributed by atoms with E-state index in [1.807, 2.05) is 18.2 Å². The van der Waals surface area contributed by atoms with Crippen LogP contribution < -0.4 is 15.4 Å². The highest BCUT2D eigenvalue weighted by molar-refractivity contribution is 6.33. The van der Waals surface area contributed by atoms with E-state index >= 15 is 0 Å². The molecule has 3 heterocycles. The lowest BCUT2D eigenvalue weighted by Crippen LogP contribution is -2.47. The van der Waals surface area contributed by atoms with Crippen LogP contribution in [0.25, 0.3) is 0 Å². The van der Waals surface area contributed by atoms with Gasteiger partial charge in [-0.2, -0.15) is 5.10 Å². The first-order valence-electron chi connectivity index (χ1n) is 6.40. The maximum atomic E-state index is 11.5. The molecule has 20 heavy (non-hydrogen) atoms. The molecule has 1 aliphatic heterocycles. The summed E-state index contributed by atoms with van der Waals surface area (Å²) in [5.74, 6) is 0.974. The summed E-state index contributed by atoms with van der Waals surface area (Å²) >= 11 is 6.03. The van der Waals surface area contributed by atoms with E-state index in [1.165, 1.54) is 0 Å². The molecule has 1 saturated heterocycles. The number of hydrogen-bond donors (Lipinski definition) is 1. The van der Waals surface area contributed by atoms with E-state index in [0.717, 1.165) is 32.0 Å². The summed E-state index contributed by atoms with van der Waals surface area (Å²) in [4.78, 5) is 20.1. The van der Waals surface area contributed by atoms with Gasteiger partial charge in [-0.25, -0.2) is 10.1 Å². The van der Waals surface area contributed by atoms with Crippen molar-refractivity contribution in [2.24, 2.45) is 0 Å². The average molecular weight is 292 g/mol. The van der Waals surface area contributed by atoms with Gasteiger partial charge in [-0.15, -0.1) is 0 Å². The number of piperazine rings is 1. The molecule has 0 amide bonds. The van der Waals surface area contributed by atoms with E-state index in [0.29, 0.717) is 5.69 Å². The minimum atomic E-state index is -0.351. The molecular weight excluding hydrogens is 278 g/mol. The quantitative estimate of drug-likeness (QED) is 0.899. The van der Waals surface area contributed by atoms with Crippen LogP contribution in [0.3, 0.4) is 0 Å². The van der Waals surface area contributed by atoms with Crippen molar-refractivity contribution < 1.29 is 0 Å². The van der Waals surface area contributed by atoms with Crippen LogP contribution in [-0.2, 0) is 0 Å². The van der Waals surface area contributed by atoms with Gasteiger partial charge in [-0.05, 0) is 12.1 Å². The van der Waals surface area contributed by atoms with Gasteiger partial charge in [0, 0.05) is 32.4 Å². The van der Waals surface area contributed by atoms with Gasteiger partial charge < -0.3 is 9.80 Å². The molecule has 7 heteroatoms. The fourth-order valence-electron chi connectivity index (χ4n) is 2.31. The highest BCUT2D eigenvalue weighted by Crippen LogP contribution is 2.22. The molecule has 1 fully saturated rings. The zero-order valence-electron chi connectivity index (χ0n) is 10.8. The first-order valence-corrected chi connectivity index (χ1v) is 6.77. The topological polar surface area (TPSA) is 65.1 Å². The Morgan fingerprint density at radius 2 is 1.90 bits per heavy atom. The summed E-state index contributed by atoms with van der Waals surface area (Å²) in [7, 11) is 0. The van der Waals surface area contributed by atoms with Crippen molar-refractivity contribution in [3.8, 4) is 0 Å². The van der Waals surface area contributed by atoms with Crippen molar-refractivity contribution in [3.63, 3.8) is 0 Å². The number of nitrogens with one attached hydrogen (secondary N) is 1. The van der Waals surface area contributed by atoms with Gasteiger partial charge in [0.25, 0.3) is 5.56 Å². The maximum Gasteiger partial charge on any atom is 0.285 e. The second kappa shape index (κ2) is 5.50. The number of nitrogens with zero attached hydrogens (tertiary/aromatic N) is 4. The Bertz CT molecular complexity index is 637. The highest BCUT2D eigenvalue weighted by Gasteiger charge is 2.20. The van der Waals surface area contributed by atoms with E-state index in [1.54, 1.807) is 12.4 Å². The molecule has 0 spiro atoms. The third-order valence-corrected chi connectivity index (χ3v) is 3.74. The van der Waals surface area contributed by atoms with E-state index in [-0.39, 0.29) is 10.6 Å². The van der Waals surface area contributed by atoms with E-state index < -0.39 is 0 Å². The largest absolute Gasteiger partial charge is 0.365 e. The Morgan fingerprint density at radius 1 is 1.15 bits per heavy atom. The van der Waals surface area contributed by atoms with Crippen LogP contribution in [0.1, 0.15) is 0 Å². The predicted octanol–water partition coefficient (Wildman–Crippen LogP) is 1.14. The normalized spacial score (nSPS) is 15.4. The monoisotopic (exact) mass is 291 g/mol. The molecule has 0 bridgehead atoms. The number of rotatable bonds is 2. The number of halogens is 1. The summed E-state index contributed by atoms with van der Waals surface area (Å²) in [6.45, 7) is 3.23. The van der Waals surface area contributed by atoms with Crippen molar-refractivity contribution in [2.75, 3.05) is 36.0 Å². The molecule has 104 valence electrons. The molecule has 0 aliphatic carbocycles. The van der Waals surface area contributed by atoms with Crippen LogP contribution in [0.5, 0.6) is 0 Å². The van der Waals surface area contributed by atoms with Gasteiger partial charge in [-0.3, -0.25) is 4.79 Å². The molecule has 0 atom stereocenters. The van der Waals surface area contributed by atoms with Crippen LogP contribution in [0.15, 0.2) is 35.4 Å². The summed E-state index contributed by atoms with van der Waals surface area (Å²) in [6, 6.07) is 5.88. The Kier molecular flexibility index (Phi) is 3.56. The Balaban J connectivity index is 1.73. The molecule has 2 aromatic rings. The first-order chi connectivity index (χ1) is 9.75. The summed E-state index contributed by atoms with van der Waals surface area (Å²) < 4.78 is 0. The molecule has 0 aromatic carbocycles. The average Bonchev–Trinajstić information content (AvgIpc) is 2.51. The molecule has 0 unspecified atom stereocenters. The second-order valence-corrected chi connectivity index (χ2v) is 4.94. The number of H-pyrrole nitrogens is 1. The van der Waals surface area contributed by atoms with Gasteiger partial charge in [0.05, 0.1) is 11.9 Å². The van der Waals surface area contributed by atoms with Crippen molar-refractivity contribution in [1.82, 2.24) is 15.2 Å². The van der Waals surface area contributed by atoms with Gasteiger partial charge in [-0.1, -0.05) is 17.7 Å². The third kappa shape index (κ3) is 2.46. The minimum Gasteiger partial charge on any atom is -0.365 e. The number of pyridine rings is 1. The molecule has 3 rings (SSSR count). The van der Waals surface area contributed by atoms with E-state index in [9.17, 15) is 4.79 Å². The Morgan fingerprint density at radius 3 is 2.60 bits per heavy atom. The van der Waals surface area contributed by atoms with Crippen molar-refractivity contribution >= 4 is 23.1 Å². The lowest BCUT2D eigenvalue weighted by molar-refractivity contribution is 0.645. The van der Waals surface area contributed by atoms with Crippen LogP contribution >= 0.6 is 11.6 Å². The van der Waals surface area contributed by atoms with E-state index in [4.69, 9.17) is 11.6 Å². The van der Waals surface area contributed by atoms with E-state index in [2.05, 4.69) is 25.0 Å². The van der Waals surface area contributed by atoms with Gasteiger partial charge in [0.1, 0.15) is 10.8 Å². The first kappa shape index (κ1) is 12.9. The number of hydrogen-bond acceptors (Lipinski definition) is 5. The van der Waals surface area contributed by atoms with Crippen molar-refractivity contribution in [2.45, 2.75) is 0 Å². The molecule has 6 nitrogen and oxygen atoms in total. The fourth-order valence-corrected chi connectivity index (χ4v) is 2.52. The predicted molar refractivity (Wildman–Crippen MR) is 78.5 cm³/mol. The van der Waals surface area contributed by atoms with Crippen LogP contribution in [0, 0.1) is 0 Å². The SMILES string of the molecule is O=c1[nH]ncc(N2CCN(c3ccccn3)CC2)c1Cl. The minimum absolute atomic E-state index is 0.200. The van der Waals surface area contributed by atoms with Gasteiger partial charge in [0.2, 0.25) is 0 Å². The molecule has 1 aliphatic rings. The molecular formula is C13H14ClN5O. The van der Waals surface area contributed by atoms with Crippen molar-refractivity contribution in [1.29, 1.82) is 0 Å². The summed E-state index contributed by atoms with van der Waals surface area (Å²) in [5, 5.41) is 6.34.